The maximum atomic E-state index is 5.68. The van der Waals surface area contributed by atoms with Gasteiger partial charge in [-0.3, -0.25) is 15.0 Å². The Bertz CT molecular complexity index is 3810. The summed E-state index contributed by atoms with van der Waals surface area (Å²) in [5, 5.41) is 0. The van der Waals surface area contributed by atoms with Crippen molar-refractivity contribution in [3.63, 3.8) is 0 Å². The highest BCUT2D eigenvalue weighted by Gasteiger charge is 2.52. The molecule has 6 aromatic carbocycles. The van der Waals surface area contributed by atoms with Gasteiger partial charge in [0.15, 0.2) is 0 Å². The number of fused-ring (bicyclic) bond motifs is 12. The number of benzene rings is 6. The third-order valence-corrected chi connectivity index (χ3v) is 16.3. The molecule has 14 rings (SSSR count). The summed E-state index contributed by atoms with van der Waals surface area (Å²) >= 11 is 3.74. The fourth-order valence-electron chi connectivity index (χ4n) is 10.7. The maximum Gasteiger partial charge on any atom is 0.0945 e. The number of pyridine rings is 5. The van der Waals surface area contributed by atoms with E-state index in [1.165, 1.54) is 47.5 Å². The van der Waals surface area contributed by atoms with Gasteiger partial charge in [-0.15, -0.1) is 0 Å². The first kappa shape index (κ1) is 40.6. The van der Waals surface area contributed by atoms with Crippen LogP contribution in [0.5, 0.6) is 0 Å². The van der Waals surface area contributed by atoms with E-state index in [9.17, 15) is 0 Å². The van der Waals surface area contributed by atoms with Crippen LogP contribution in [0.15, 0.2) is 251 Å². The second-order valence-electron chi connectivity index (χ2n) is 17.6. The van der Waals surface area contributed by atoms with Crippen LogP contribution in [0.3, 0.4) is 0 Å². The van der Waals surface area contributed by atoms with Crippen molar-refractivity contribution in [2.75, 3.05) is 4.90 Å². The van der Waals surface area contributed by atoms with Gasteiger partial charge in [0.2, 0.25) is 0 Å². The van der Waals surface area contributed by atoms with Crippen molar-refractivity contribution < 1.29 is 0 Å². The standard InChI is InChI=1S/C62H38N6S2/c1-2-12-39(13-3-1)42-14-10-15-44(36-42)68-54-20-7-9-22-57(54)70-61-55(68)26-24-50-60(61)69-56-21-8-6-18-47(56)62(50)48-19-11-31-65-58(48)59-49(62)23-25-51(67-59)45-16-4-5-17-46(45)53-38-43(40-27-32-63-33-28-40)37-52(66-53)41-29-34-64-35-30-41/h1-38H. The van der Waals surface area contributed by atoms with E-state index >= 15 is 0 Å². The highest BCUT2D eigenvalue weighted by atomic mass is 32.2. The van der Waals surface area contributed by atoms with Gasteiger partial charge in [-0.25, -0.2) is 9.97 Å². The molecule has 5 aromatic heterocycles. The minimum absolute atomic E-state index is 0.675. The van der Waals surface area contributed by atoms with Gasteiger partial charge >= 0.3 is 0 Å². The zero-order valence-corrected chi connectivity index (χ0v) is 39.1. The summed E-state index contributed by atoms with van der Waals surface area (Å²) < 4.78 is 0. The molecule has 0 saturated carbocycles. The van der Waals surface area contributed by atoms with Gasteiger partial charge in [-0.1, -0.05) is 139 Å². The molecule has 2 aliphatic heterocycles. The molecule has 0 bridgehead atoms. The Labute approximate surface area is 413 Å². The minimum Gasteiger partial charge on any atom is -0.308 e. The van der Waals surface area contributed by atoms with Gasteiger partial charge in [0.1, 0.15) is 0 Å². The Kier molecular flexibility index (Phi) is 9.50. The van der Waals surface area contributed by atoms with Crippen molar-refractivity contribution in [2.45, 2.75) is 25.0 Å². The van der Waals surface area contributed by atoms with Crippen molar-refractivity contribution in [3.05, 3.63) is 253 Å². The van der Waals surface area contributed by atoms with Crippen LogP contribution in [0, 0.1) is 0 Å². The number of para-hydroxylation sites is 1. The molecule has 6 nitrogen and oxygen atoms in total. The molecule has 328 valence electrons. The number of aromatic nitrogens is 5. The van der Waals surface area contributed by atoms with Gasteiger partial charge in [-0.2, -0.15) is 0 Å². The summed E-state index contributed by atoms with van der Waals surface area (Å²) in [6.45, 7) is 0. The number of hydrogen-bond donors (Lipinski definition) is 0. The molecule has 0 radical (unpaired) electrons. The third-order valence-electron chi connectivity index (χ3n) is 13.8. The lowest BCUT2D eigenvalue weighted by Crippen LogP contribution is -2.32. The van der Waals surface area contributed by atoms with Crippen molar-refractivity contribution in [1.29, 1.82) is 0 Å². The molecule has 1 aliphatic carbocycles. The van der Waals surface area contributed by atoms with Crippen LogP contribution < -0.4 is 4.90 Å². The summed E-state index contributed by atoms with van der Waals surface area (Å²) in [7, 11) is 0. The first-order valence-electron chi connectivity index (χ1n) is 23.3. The fraction of sp³-hybridized carbons (Fsp3) is 0.0161. The summed E-state index contributed by atoms with van der Waals surface area (Å²) in [5.41, 5.74) is 19.4. The highest BCUT2D eigenvalue weighted by Crippen LogP contribution is 2.65. The largest absolute Gasteiger partial charge is 0.308 e. The van der Waals surface area contributed by atoms with Gasteiger partial charge in [0.25, 0.3) is 0 Å². The van der Waals surface area contributed by atoms with E-state index in [0.717, 1.165) is 78.8 Å². The van der Waals surface area contributed by atoms with Crippen LogP contribution in [-0.2, 0) is 5.41 Å². The predicted molar refractivity (Wildman–Crippen MR) is 283 cm³/mol. The Balaban J connectivity index is 0.954. The zero-order valence-electron chi connectivity index (χ0n) is 37.4. The van der Waals surface area contributed by atoms with Crippen LogP contribution in [0.1, 0.15) is 22.3 Å². The summed E-state index contributed by atoms with van der Waals surface area (Å²) in [4.78, 5) is 32.2. The SMILES string of the molecule is c1ccc(-c2cccc(N3c4ccccc4Sc4c3ccc3c4Sc4ccccc4C34c3cccnc3-c3nc(-c5ccccc5-c5cc(-c6ccncc6)cc(-c6ccncc6)n5)ccc34)c2)cc1. The highest BCUT2D eigenvalue weighted by molar-refractivity contribution is 8.02. The molecule has 1 atom stereocenters. The van der Waals surface area contributed by atoms with E-state index in [4.69, 9.17) is 15.0 Å². The Morgan fingerprint density at radius 3 is 1.84 bits per heavy atom. The van der Waals surface area contributed by atoms with E-state index < -0.39 is 5.41 Å². The molecule has 0 fully saturated rings. The second-order valence-corrected chi connectivity index (χ2v) is 19.7. The molecule has 70 heavy (non-hydrogen) atoms. The van der Waals surface area contributed by atoms with Gasteiger partial charge < -0.3 is 4.90 Å². The van der Waals surface area contributed by atoms with Crippen molar-refractivity contribution >= 4 is 40.6 Å². The molecule has 8 heteroatoms. The Morgan fingerprint density at radius 1 is 0.357 bits per heavy atom. The van der Waals surface area contributed by atoms with Crippen LogP contribution >= 0.6 is 23.5 Å². The summed E-state index contributed by atoms with van der Waals surface area (Å²) in [5.74, 6) is 0. The smallest absolute Gasteiger partial charge is 0.0945 e. The van der Waals surface area contributed by atoms with Crippen LogP contribution in [0.4, 0.5) is 17.1 Å². The average molecular weight is 931 g/mol. The summed E-state index contributed by atoms with van der Waals surface area (Å²) in [6.07, 6.45) is 9.19. The number of hydrogen-bond acceptors (Lipinski definition) is 8. The van der Waals surface area contributed by atoms with Crippen molar-refractivity contribution in [3.8, 4) is 67.4 Å². The molecule has 7 heterocycles. The first-order chi connectivity index (χ1) is 34.7. The third kappa shape index (κ3) is 6.34. The lowest BCUT2D eigenvalue weighted by atomic mass is 9.67. The van der Waals surface area contributed by atoms with Crippen LogP contribution in [0.25, 0.3) is 67.4 Å². The molecule has 3 aliphatic rings. The number of rotatable bonds is 6. The Hall–Kier alpha value is -8.43. The molecule has 0 saturated heterocycles. The van der Waals surface area contributed by atoms with Gasteiger partial charge in [-0.05, 0) is 129 Å². The minimum atomic E-state index is -0.675. The van der Waals surface area contributed by atoms with E-state index in [2.05, 4.69) is 191 Å². The molecular formula is C62H38N6S2. The topological polar surface area (TPSA) is 67.7 Å². The first-order valence-corrected chi connectivity index (χ1v) is 24.9. The fourth-order valence-corrected chi connectivity index (χ4v) is 13.3. The number of anilines is 3. The normalized spacial score (nSPS) is 14.8. The van der Waals surface area contributed by atoms with Crippen LogP contribution in [0.2, 0.25) is 0 Å². The molecule has 0 amide bonds. The molecule has 1 spiro atoms. The lowest BCUT2D eigenvalue weighted by Gasteiger charge is -2.42. The van der Waals surface area contributed by atoms with Gasteiger partial charge in [0, 0.05) is 68.0 Å². The van der Waals surface area contributed by atoms with E-state index in [0.29, 0.717) is 0 Å². The monoisotopic (exact) mass is 930 g/mol. The van der Waals surface area contributed by atoms with E-state index in [1.807, 2.05) is 78.8 Å². The average Bonchev–Trinajstić information content (AvgIpc) is 3.72. The summed E-state index contributed by atoms with van der Waals surface area (Å²) in [6, 6.07) is 71.8. The molecule has 1 unspecified atom stereocenters. The zero-order chi connectivity index (χ0) is 46.2. The van der Waals surface area contributed by atoms with Gasteiger partial charge in [0.05, 0.1) is 50.2 Å². The quantitative estimate of drug-likeness (QED) is 0.163. The van der Waals surface area contributed by atoms with E-state index in [1.54, 1.807) is 0 Å². The van der Waals surface area contributed by atoms with Crippen molar-refractivity contribution in [2.24, 2.45) is 0 Å². The molecule has 11 aromatic rings. The number of nitrogens with zero attached hydrogens (tertiary/aromatic N) is 6. The van der Waals surface area contributed by atoms with Crippen LogP contribution in [-0.4, -0.2) is 24.9 Å². The second kappa shape index (κ2) is 16.4. The maximum absolute atomic E-state index is 5.68. The molecular weight excluding hydrogens is 893 g/mol. The molecule has 0 N–H and O–H groups in total. The van der Waals surface area contributed by atoms with Crippen molar-refractivity contribution in [1.82, 2.24) is 24.9 Å². The lowest BCUT2D eigenvalue weighted by molar-refractivity contribution is 0.711. The Morgan fingerprint density at radius 2 is 1.00 bits per heavy atom. The predicted octanol–water partition coefficient (Wildman–Crippen LogP) is 15.8. The van der Waals surface area contributed by atoms with E-state index in [-0.39, 0.29) is 0 Å².